The van der Waals surface area contributed by atoms with Gasteiger partial charge in [0.15, 0.2) is 0 Å². The Labute approximate surface area is 170 Å². The Hall–Kier alpha value is -1.75. The van der Waals surface area contributed by atoms with Gasteiger partial charge in [0.2, 0.25) is 0 Å². The number of likely N-dealkylation sites (tertiary alicyclic amines) is 1. The number of ether oxygens (including phenoxy) is 3. The van der Waals surface area contributed by atoms with Crippen molar-refractivity contribution in [3.63, 3.8) is 0 Å². The highest BCUT2D eigenvalue weighted by atomic mass is 79.9. The Morgan fingerprint density at radius 3 is 2.56 bits per heavy atom. The molecule has 0 aromatic heterocycles. The lowest BCUT2D eigenvalue weighted by molar-refractivity contribution is 0.0236. The van der Waals surface area contributed by atoms with Crippen molar-refractivity contribution in [3.05, 3.63) is 39.5 Å². The van der Waals surface area contributed by atoms with E-state index in [1.807, 2.05) is 45.0 Å². The maximum atomic E-state index is 12.1. The zero-order chi connectivity index (χ0) is 19.9. The van der Waals surface area contributed by atoms with E-state index < -0.39 is 5.60 Å². The van der Waals surface area contributed by atoms with E-state index in [2.05, 4.69) is 21.7 Å². The van der Waals surface area contributed by atoms with Crippen molar-refractivity contribution >= 4 is 28.1 Å². The molecule has 5 nitrogen and oxygen atoms in total. The number of benzene rings is 1. The first-order valence-corrected chi connectivity index (χ1v) is 9.91. The molecule has 1 heterocycles. The molecular formula is C21H28BrNO4. The quantitative estimate of drug-likeness (QED) is 0.477. The van der Waals surface area contributed by atoms with Crippen LogP contribution < -0.4 is 4.74 Å². The molecule has 0 aliphatic carbocycles. The van der Waals surface area contributed by atoms with Gasteiger partial charge in [0.05, 0.1) is 6.61 Å². The molecule has 0 unspecified atom stereocenters. The molecule has 27 heavy (non-hydrogen) atoms. The summed E-state index contributed by atoms with van der Waals surface area (Å²) in [7, 11) is 1.65. The molecule has 0 spiro atoms. The first kappa shape index (κ1) is 21.5. The molecule has 0 saturated carbocycles. The zero-order valence-electron chi connectivity index (χ0n) is 16.5. The van der Waals surface area contributed by atoms with Crippen LogP contribution in [0.5, 0.6) is 5.75 Å². The summed E-state index contributed by atoms with van der Waals surface area (Å²) in [5.74, 6) is 0.791. The fraction of sp³-hybridized carbons (Fsp3) is 0.524. The molecule has 1 aliphatic heterocycles. The minimum atomic E-state index is -0.461. The maximum absolute atomic E-state index is 12.1. The number of methoxy groups -OCH3 is 1. The van der Waals surface area contributed by atoms with E-state index in [0.29, 0.717) is 26.3 Å². The zero-order valence-corrected chi connectivity index (χ0v) is 18.1. The van der Waals surface area contributed by atoms with Gasteiger partial charge in [-0.3, -0.25) is 0 Å². The topological polar surface area (TPSA) is 48.0 Å². The minimum Gasteiger partial charge on any atom is -0.491 e. The van der Waals surface area contributed by atoms with Crippen LogP contribution in [-0.2, 0) is 9.47 Å². The van der Waals surface area contributed by atoms with Gasteiger partial charge in [0.1, 0.15) is 18.0 Å². The molecule has 0 N–H and O–H groups in total. The molecule has 0 radical (unpaired) electrons. The van der Waals surface area contributed by atoms with E-state index in [0.717, 1.165) is 28.6 Å². The fourth-order valence-electron chi connectivity index (χ4n) is 2.61. The van der Waals surface area contributed by atoms with Crippen LogP contribution in [0.2, 0.25) is 0 Å². The molecular weight excluding hydrogens is 410 g/mol. The van der Waals surface area contributed by atoms with Crippen LogP contribution in [0.15, 0.2) is 34.0 Å². The van der Waals surface area contributed by atoms with Gasteiger partial charge in [-0.2, -0.15) is 0 Å². The van der Waals surface area contributed by atoms with Crippen LogP contribution in [0.1, 0.15) is 39.2 Å². The van der Waals surface area contributed by atoms with Gasteiger partial charge in [0, 0.05) is 24.7 Å². The van der Waals surface area contributed by atoms with E-state index in [9.17, 15) is 4.79 Å². The number of carbonyl (C=O) groups excluding carboxylic acids is 1. The summed E-state index contributed by atoms with van der Waals surface area (Å²) in [4.78, 5) is 13.9. The Kier molecular flexibility index (Phi) is 7.96. The highest BCUT2D eigenvalue weighted by molar-refractivity contribution is 9.10. The lowest BCUT2D eigenvalue weighted by Crippen LogP contribution is -2.40. The lowest BCUT2D eigenvalue weighted by atomic mass is 10.0. The number of hydrogen-bond donors (Lipinski definition) is 0. The van der Waals surface area contributed by atoms with Crippen molar-refractivity contribution in [2.45, 2.75) is 39.2 Å². The van der Waals surface area contributed by atoms with Crippen molar-refractivity contribution in [1.29, 1.82) is 0 Å². The standard InChI is InChI=1S/C21H28BrNO4/c1-21(2,3)27-20(24)23-9-7-16(8-10-23)5-6-17-13-18(22)15-19(14-17)26-12-11-25-4/h6,13-15H,7-12H2,1-4H3. The van der Waals surface area contributed by atoms with E-state index in [4.69, 9.17) is 14.2 Å². The molecule has 1 fully saturated rings. The van der Waals surface area contributed by atoms with Gasteiger partial charge >= 0.3 is 6.09 Å². The Balaban J connectivity index is 1.97. The third-order valence-electron chi connectivity index (χ3n) is 3.91. The lowest BCUT2D eigenvalue weighted by Gasteiger charge is -2.30. The normalized spacial score (nSPS) is 14.6. The molecule has 0 bridgehead atoms. The molecule has 2 rings (SSSR count). The largest absolute Gasteiger partial charge is 0.491 e. The maximum Gasteiger partial charge on any atom is 0.410 e. The van der Waals surface area contributed by atoms with Crippen molar-refractivity contribution in [2.24, 2.45) is 0 Å². The van der Waals surface area contributed by atoms with Gasteiger partial charge in [-0.1, -0.05) is 15.9 Å². The molecule has 0 atom stereocenters. The van der Waals surface area contributed by atoms with Crippen LogP contribution in [-0.4, -0.2) is 50.0 Å². The third-order valence-corrected chi connectivity index (χ3v) is 4.37. The number of rotatable bonds is 5. The number of amides is 1. The van der Waals surface area contributed by atoms with E-state index >= 15 is 0 Å². The summed E-state index contributed by atoms with van der Waals surface area (Å²) in [5.41, 5.74) is 5.14. The highest BCUT2D eigenvalue weighted by Gasteiger charge is 2.24. The summed E-state index contributed by atoms with van der Waals surface area (Å²) in [6.07, 6.45) is 3.34. The molecule has 1 amide bonds. The number of nitrogens with zero attached hydrogens (tertiary/aromatic N) is 1. The Bertz CT molecular complexity index is 707. The van der Waals surface area contributed by atoms with Gasteiger partial charge < -0.3 is 19.1 Å². The van der Waals surface area contributed by atoms with Gasteiger partial charge in [-0.25, -0.2) is 4.79 Å². The Morgan fingerprint density at radius 1 is 1.22 bits per heavy atom. The summed E-state index contributed by atoms with van der Waals surface area (Å²) >= 11 is 3.51. The van der Waals surface area contributed by atoms with E-state index in [1.54, 1.807) is 12.0 Å². The van der Waals surface area contributed by atoms with Crippen LogP contribution in [0, 0.1) is 0 Å². The smallest absolute Gasteiger partial charge is 0.410 e. The number of carbonyl (C=O) groups is 1. The van der Waals surface area contributed by atoms with Gasteiger partial charge in [0.25, 0.3) is 0 Å². The average Bonchev–Trinajstić information content (AvgIpc) is 2.59. The first-order valence-electron chi connectivity index (χ1n) is 9.11. The Morgan fingerprint density at radius 2 is 1.93 bits per heavy atom. The van der Waals surface area contributed by atoms with Crippen LogP contribution in [0.3, 0.4) is 0 Å². The van der Waals surface area contributed by atoms with Crippen molar-refractivity contribution in [1.82, 2.24) is 4.90 Å². The predicted octanol–water partition coefficient (Wildman–Crippen LogP) is 5.04. The van der Waals surface area contributed by atoms with Crippen molar-refractivity contribution < 1.29 is 19.0 Å². The molecule has 1 aliphatic rings. The second kappa shape index (κ2) is 9.98. The average molecular weight is 438 g/mol. The van der Waals surface area contributed by atoms with Gasteiger partial charge in [-0.05, 0) is 69.0 Å². The summed E-state index contributed by atoms with van der Waals surface area (Å²) in [6.45, 7) is 8.04. The highest BCUT2D eigenvalue weighted by Crippen LogP contribution is 2.23. The van der Waals surface area contributed by atoms with Crippen molar-refractivity contribution in [2.75, 3.05) is 33.4 Å². The van der Waals surface area contributed by atoms with Crippen LogP contribution >= 0.6 is 15.9 Å². The monoisotopic (exact) mass is 437 g/mol. The van der Waals surface area contributed by atoms with Crippen LogP contribution in [0.25, 0.3) is 6.08 Å². The molecule has 6 heteroatoms. The van der Waals surface area contributed by atoms with Gasteiger partial charge in [-0.15, -0.1) is 5.73 Å². The predicted molar refractivity (Wildman–Crippen MR) is 110 cm³/mol. The van der Waals surface area contributed by atoms with Crippen LogP contribution in [0.4, 0.5) is 4.79 Å². The fourth-order valence-corrected chi connectivity index (χ4v) is 3.10. The molecule has 1 aromatic rings. The molecule has 1 aromatic carbocycles. The third kappa shape index (κ3) is 7.79. The second-order valence-electron chi connectivity index (χ2n) is 7.42. The number of halogens is 1. The first-order chi connectivity index (χ1) is 12.8. The van der Waals surface area contributed by atoms with E-state index in [-0.39, 0.29) is 6.09 Å². The summed E-state index contributed by atoms with van der Waals surface area (Å²) in [6, 6.07) is 5.93. The minimum absolute atomic E-state index is 0.240. The second-order valence-corrected chi connectivity index (χ2v) is 8.34. The summed E-state index contributed by atoms with van der Waals surface area (Å²) in [5, 5.41) is 0. The number of piperidine rings is 1. The molecule has 148 valence electrons. The SMILES string of the molecule is COCCOc1cc(Br)cc(C=C=C2CCN(C(=O)OC(C)(C)C)CC2)c1. The number of hydrogen-bond acceptors (Lipinski definition) is 4. The summed E-state index contributed by atoms with van der Waals surface area (Å²) < 4.78 is 17.1. The molecule has 1 saturated heterocycles. The van der Waals surface area contributed by atoms with Crippen molar-refractivity contribution in [3.8, 4) is 5.75 Å². The van der Waals surface area contributed by atoms with E-state index in [1.165, 1.54) is 5.57 Å².